The van der Waals surface area contributed by atoms with Crippen molar-refractivity contribution in [1.82, 2.24) is 0 Å². The van der Waals surface area contributed by atoms with Gasteiger partial charge in [0.1, 0.15) is 23.9 Å². The van der Waals surface area contributed by atoms with Gasteiger partial charge in [-0.15, -0.1) is 0 Å². The van der Waals surface area contributed by atoms with Crippen LogP contribution in [-0.2, 0) is 6.61 Å². The van der Waals surface area contributed by atoms with Crippen LogP contribution in [-0.4, -0.2) is 12.9 Å². The molecule has 0 atom stereocenters. The Labute approximate surface area is 164 Å². The topological polar surface area (TPSA) is 44.8 Å². The van der Waals surface area contributed by atoms with Crippen LogP contribution in [0.4, 0.5) is 0 Å². The molecule has 0 aliphatic carbocycles. The monoisotopic (exact) mass is 372 g/mol. The van der Waals surface area contributed by atoms with Gasteiger partial charge >= 0.3 is 0 Å². The molecule has 140 valence electrons. The van der Waals surface area contributed by atoms with Gasteiger partial charge in [0, 0.05) is 6.07 Å². The molecule has 0 N–H and O–H groups in total. The van der Waals surface area contributed by atoms with Crippen molar-refractivity contribution in [1.29, 1.82) is 0 Å². The maximum absolute atomic E-state index is 12.6. The zero-order valence-corrected chi connectivity index (χ0v) is 15.8. The highest BCUT2D eigenvalue weighted by atomic mass is 16.5. The van der Waals surface area contributed by atoms with E-state index in [1.165, 1.54) is 5.56 Å². The third kappa shape index (κ3) is 3.76. The quantitative estimate of drug-likeness (QED) is 0.578. The van der Waals surface area contributed by atoms with E-state index in [4.69, 9.17) is 14.2 Å². The summed E-state index contributed by atoms with van der Waals surface area (Å²) in [5.74, 6) is 2.16. The normalized spacial score (nSPS) is 13.9. The van der Waals surface area contributed by atoms with Crippen molar-refractivity contribution < 1.29 is 19.0 Å². The number of hydrogen-bond donors (Lipinski definition) is 0. The van der Waals surface area contributed by atoms with Gasteiger partial charge < -0.3 is 14.2 Å². The molecule has 0 aromatic heterocycles. The number of ketones is 1. The molecule has 28 heavy (non-hydrogen) atoms. The summed E-state index contributed by atoms with van der Waals surface area (Å²) in [7, 11) is 1.64. The van der Waals surface area contributed by atoms with E-state index in [2.05, 4.69) is 0 Å². The molecule has 4 nitrogen and oxygen atoms in total. The summed E-state index contributed by atoms with van der Waals surface area (Å²) in [6.07, 6.45) is 1.76. The summed E-state index contributed by atoms with van der Waals surface area (Å²) in [5.41, 5.74) is 3.64. The van der Waals surface area contributed by atoms with Gasteiger partial charge in [0.25, 0.3) is 0 Å². The lowest BCUT2D eigenvalue weighted by atomic mass is 10.1. The highest BCUT2D eigenvalue weighted by Crippen LogP contribution is 2.35. The van der Waals surface area contributed by atoms with Crippen molar-refractivity contribution >= 4 is 11.9 Å². The van der Waals surface area contributed by atoms with Gasteiger partial charge in [-0.3, -0.25) is 4.79 Å². The fraction of sp³-hybridized carbons (Fsp3) is 0.125. The molecule has 0 radical (unpaired) electrons. The molecule has 1 heterocycles. The molecule has 1 aliphatic rings. The Balaban J connectivity index is 1.49. The van der Waals surface area contributed by atoms with Gasteiger partial charge in [-0.05, 0) is 48.4 Å². The maximum Gasteiger partial charge on any atom is 0.231 e. The van der Waals surface area contributed by atoms with E-state index in [1.807, 2.05) is 55.5 Å². The number of Topliss-reactive ketones (excluding diaryl/α,β-unsaturated/α-hetero) is 1. The molecule has 0 bridgehead atoms. The molecule has 3 aromatic carbocycles. The van der Waals surface area contributed by atoms with Crippen molar-refractivity contribution in [3.05, 3.63) is 94.7 Å². The van der Waals surface area contributed by atoms with Crippen molar-refractivity contribution in [2.75, 3.05) is 7.11 Å². The van der Waals surface area contributed by atoms with Crippen LogP contribution in [0, 0.1) is 6.92 Å². The molecule has 4 heteroatoms. The summed E-state index contributed by atoms with van der Waals surface area (Å²) in [4.78, 5) is 12.6. The second-order valence-corrected chi connectivity index (χ2v) is 6.65. The molecule has 0 saturated carbocycles. The molecular formula is C24H20O4. The molecule has 0 unspecified atom stereocenters. The number of fused-ring (bicyclic) bond motifs is 1. The number of carbonyl (C=O) groups is 1. The predicted molar refractivity (Wildman–Crippen MR) is 108 cm³/mol. The van der Waals surface area contributed by atoms with Gasteiger partial charge in [-0.1, -0.05) is 42.0 Å². The number of allylic oxidation sites excluding steroid dienone is 1. The first-order valence-electron chi connectivity index (χ1n) is 9.03. The lowest BCUT2D eigenvalue weighted by Crippen LogP contribution is -1.98. The number of ether oxygens (including phenoxy) is 3. The van der Waals surface area contributed by atoms with Crippen LogP contribution in [0.15, 0.2) is 72.5 Å². The molecule has 3 aromatic rings. The van der Waals surface area contributed by atoms with Gasteiger partial charge in [0.05, 0.1) is 12.7 Å². The smallest absolute Gasteiger partial charge is 0.231 e. The number of hydrogen-bond acceptors (Lipinski definition) is 4. The van der Waals surface area contributed by atoms with E-state index in [9.17, 15) is 4.79 Å². The minimum absolute atomic E-state index is 0.116. The van der Waals surface area contributed by atoms with E-state index in [1.54, 1.807) is 31.4 Å². The Hall–Kier alpha value is -3.53. The lowest BCUT2D eigenvalue weighted by molar-refractivity contribution is 0.101. The Bertz CT molecular complexity index is 1050. The van der Waals surface area contributed by atoms with Crippen LogP contribution in [0.2, 0.25) is 0 Å². The minimum Gasteiger partial charge on any atom is -0.497 e. The number of carbonyl (C=O) groups excluding carboxylic acids is 1. The second kappa shape index (κ2) is 7.61. The summed E-state index contributed by atoms with van der Waals surface area (Å²) < 4.78 is 16.9. The van der Waals surface area contributed by atoms with E-state index < -0.39 is 0 Å². The summed E-state index contributed by atoms with van der Waals surface area (Å²) in [5, 5.41) is 0. The van der Waals surface area contributed by atoms with Crippen LogP contribution in [0.3, 0.4) is 0 Å². The van der Waals surface area contributed by atoms with Crippen molar-refractivity contribution in [2.24, 2.45) is 0 Å². The standard InChI is InChI=1S/C24H20O4/c1-16-6-8-17(9-7-16)13-23-24(25)21-11-10-20(14-22(21)28-23)27-15-18-4-3-5-19(12-18)26-2/h3-14H,15H2,1-2H3/b23-13-. The second-order valence-electron chi connectivity index (χ2n) is 6.65. The zero-order valence-electron chi connectivity index (χ0n) is 15.8. The van der Waals surface area contributed by atoms with Gasteiger partial charge in [0.2, 0.25) is 5.78 Å². The number of benzene rings is 3. The number of methoxy groups -OCH3 is 1. The van der Waals surface area contributed by atoms with Crippen LogP contribution in [0.5, 0.6) is 17.2 Å². The third-order valence-corrected chi connectivity index (χ3v) is 4.56. The Morgan fingerprint density at radius 3 is 2.57 bits per heavy atom. The fourth-order valence-corrected chi connectivity index (χ4v) is 3.00. The average molecular weight is 372 g/mol. The first-order chi connectivity index (χ1) is 13.6. The SMILES string of the molecule is COc1cccc(COc2ccc3c(c2)O/C(=C\c2ccc(C)cc2)C3=O)c1. The molecule has 0 spiro atoms. The molecule has 1 aliphatic heterocycles. The first-order valence-corrected chi connectivity index (χ1v) is 9.03. The van der Waals surface area contributed by atoms with E-state index in [-0.39, 0.29) is 5.78 Å². The zero-order chi connectivity index (χ0) is 19.5. The highest BCUT2D eigenvalue weighted by Gasteiger charge is 2.27. The molecule has 0 fully saturated rings. The highest BCUT2D eigenvalue weighted by molar-refractivity contribution is 6.14. The Morgan fingerprint density at radius 1 is 0.964 bits per heavy atom. The summed E-state index contributed by atoms with van der Waals surface area (Å²) in [6, 6.07) is 20.9. The van der Waals surface area contributed by atoms with Crippen molar-refractivity contribution in [3.8, 4) is 17.2 Å². The molecular weight excluding hydrogens is 352 g/mol. The molecule has 4 rings (SSSR count). The van der Waals surface area contributed by atoms with Crippen LogP contribution in [0.25, 0.3) is 6.08 Å². The van der Waals surface area contributed by atoms with E-state index in [0.717, 1.165) is 16.9 Å². The number of rotatable bonds is 5. The average Bonchev–Trinajstić information content (AvgIpc) is 3.03. The van der Waals surface area contributed by atoms with Gasteiger partial charge in [-0.2, -0.15) is 0 Å². The first kappa shape index (κ1) is 17.9. The van der Waals surface area contributed by atoms with Crippen molar-refractivity contribution in [3.63, 3.8) is 0 Å². The maximum atomic E-state index is 12.6. The Morgan fingerprint density at radius 2 is 1.79 bits per heavy atom. The van der Waals surface area contributed by atoms with E-state index in [0.29, 0.717) is 29.4 Å². The Kier molecular flexibility index (Phi) is 4.85. The summed E-state index contributed by atoms with van der Waals surface area (Å²) in [6.45, 7) is 2.42. The lowest BCUT2D eigenvalue weighted by Gasteiger charge is -2.08. The molecule has 0 saturated heterocycles. The number of aryl methyl sites for hydroxylation is 1. The minimum atomic E-state index is -0.116. The molecule has 0 amide bonds. The largest absolute Gasteiger partial charge is 0.497 e. The van der Waals surface area contributed by atoms with Gasteiger partial charge in [-0.25, -0.2) is 0 Å². The van der Waals surface area contributed by atoms with Crippen LogP contribution >= 0.6 is 0 Å². The fourth-order valence-electron chi connectivity index (χ4n) is 3.00. The van der Waals surface area contributed by atoms with Crippen LogP contribution in [0.1, 0.15) is 27.0 Å². The summed E-state index contributed by atoms with van der Waals surface area (Å²) >= 11 is 0. The third-order valence-electron chi connectivity index (χ3n) is 4.56. The predicted octanol–water partition coefficient (Wildman–Crippen LogP) is 5.20. The van der Waals surface area contributed by atoms with Gasteiger partial charge in [0.15, 0.2) is 5.76 Å². The van der Waals surface area contributed by atoms with E-state index >= 15 is 0 Å². The van der Waals surface area contributed by atoms with Crippen molar-refractivity contribution in [2.45, 2.75) is 13.5 Å². The van der Waals surface area contributed by atoms with Crippen LogP contribution < -0.4 is 14.2 Å².